The molecule has 0 fully saturated rings. The summed E-state index contributed by atoms with van der Waals surface area (Å²) in [5.41, 5.74) is 1.96. The minimum absolute atomic E-state index is 0.00501. The van der Waals surface area contributed by atoms with Crippen molar-refractivity contribution in [2.24, 2.45) is 5.84 Å². The van der Waals surface area contributed by atoms with Crippen molar-refractivity contribution < 1.29 is 14.1 Å². The van der Waals surface area contributed by atoms with E-state index in [1.54, 1.807) is 0 Å². The van der Waals surface area contributed by atoms with Crippen LogP contribution in [0.5, 0.6) is 11.5 Å². The lowest BCUT2D eigenvalue weighted by molar-refractivity contribution is -0.384. The molecule has 2 aromatic rings. The van der Waals surface area contributed by atoms with Crippen molar-refractivity contribution in [3.8, 4) is 11.5 Å². The van der Waals surface area contributed by atoms with Crippen LogP contribution >= 0.6 is 11.6 Å². The summed E-state index contributed by atoms with van der Waals surface area (Å²) in [7, 11) is 0. The molecule has 0 aromatic heterocycles. The molecule has 0 bridgehead atoms. The number of nitrogens with one attached hydrogen (secondary N) is 1. The number of rotatable bonds is 4. The number of nitro benzene ring substituents is 1. The van der Waals surface area contributed by atoms with Crippen LogP contribution in [-0.4, -0.2) is 4.92 Å². The molecule has 20 heavy (non-hydrogen) atoms. The molecule has 104 valence electrons. The lowest BCUT2D eigenvalue weighted by Gasteiger charge is -2.10. The molecule has 0 radical (unpaired) electrons. The van der Waals surface area contributed by atoms with Crippen molar-refractivity contribution >= 4 is 23.0 Å². The van der Waals surface area contributed by atoms with Crippen LogP contribution in [0.1, 0.15) is 0 Å². The number of nitro groups is 1. The molecule has 0 unspecified atom stereocenters. The third kappa shape index (κ3) is 2.79. The van der Waals surface area contributed by atoms with Crippen molar-refractivity contribution in [2.45, 2.75) is 0 Å². The third-order valence-corrected chi connectivity index (χ3v) is 2.75. The van der Waals surface area contributed by atoms with E-state index in [4.69, 9.17) is 22.2 Å². The van der Waals surface area contributed by atoms with Crippen molar-refractivity contribution in [2.75, 3.05) is 5.43 Å². The standard InChI is InChI=1S/C12H9ClFN3O3/c13-8-6-7(14)4-5-10(8)20-11-3-1-2-9(16-15)12(11)17(18)19/h1-6,16H,15H2. The van der Waals surface area contributed by atoms with Gasteiger partial charge in [-0.3, -0.25) is 16.0 Å². The zero-order valence-electron chi connectivity index (χ0n) is 9.97. The Morgan fingerprint density at radius 3 is 2.65 bits per heavy atom. The summed E-state index contributed by atoms with van der Waals surface area (Å²) in [5.74, 6) is 4.73. The van der Waals surface area contributed by atoms with E-state index in [0.29, 0.717) is 0 Å². The third-order valence-electron chi connectivity index (χ3n) is 2.45. The van der Waals surface area contributed by atoms with Gasteiger partial charge in [0.1, 0.15) is 17.3 Å². The molecule has 2 rings (SSSR count). The quantitative estimate of drug-likeness (QED) is 0.512. The van der Waals surface area contributed by atoms with Gasteiger partial charge in [0.15, 0.2) is 0 Å². The fraction of sp³-hybridized carbons (Fsp3) is 0. The van der Waals surface area contributed by atoms with E-state index < -0.39 is 10.7 Å². The normalized spacial score (nSPS) is 10.2. The minimum atomic E-state index is -0.637. The van der Waals surface area contributed by atoms with Crippen LogP contribution in [0.25, 0.3) is 0 Å². The van der Waals surface area contributed by atoms with E-state index in [1.165, 1.54) is 24.3 Å². The van der Waals surface area contributed by atoms with Gasteiger partial charge in [-0.2, -0.15) is 0 Å². The first-order valence-electron chi connectivity index (χ1n) is 5.40. The molecule has 0 aliphatic rings. The molecule has 6 nitrogen and oxygen atoms in total. The summed E-state index contributed by atoms with van der Waals surface area (Å²) in [6.45, 7) is 0. The Bertz CT molecular complexity index is 666. The highest BCUT2D eigenvalue weighted by atomic mass is 35.5. The Morgan fingerprint density at radius 2 is 2.05 bits per heavy atom. The van der Waals surface area contributed by atoms with Crippen LogP contribution in [0.3, 0.4) is 0 Å². The predicted molar refractivity (Wildman–Crippen MR) is 72.4 cm³/mol. The summed E-state index contributed by atoms with van der Waals surface area (Å²) in [5, 5.41) is 11.1. The van der Waals surface area contributed by atoms with Crippen molar-refractivity contribution in [3.63, 3.8) is 0 Å². The van der Waals surface area contributed by atoms with E-state index >= 15 is 0 Å². The zero-order valence-corrected chi connectivity index (χ0v) is 10.7. The lowest BCUT2D eigenvalue weighted by atomic mass is 10.2. The fourth-order valence-corrected chi connectivity index (χ4v) is 1.79. The lowest BCUT2D eigenvalue weighted by Crippen LogP contribution is -2.09. The first-order valence-corrected chi connectivity index (χ1v) is 5.77. The predicted octanol–water partition coefficient (Wildman–Crippen LogP) is 3.47. The second kappa shape index (κ2) is 5.72. The summed E-state index contributed by atoms with van der Waals surface area (Å²) in [6, 6.07) is 7.81. The SMILES string of the molecule is NNc1cccc(Oc2ccc(F)cc2Cl)c1[N+](=O)[O-]. The molecule has 0 heterocycles. The van der Waals surface area contributed by atoms with Gasteiger partial charge in [0.05, 0.1) is 9.95 Å². The van der Waals surface area contributed by atoms with Gasteiger partial charge in [0.25, 0.3) is 0 Å². The molecule has 3 N–H and O–H groups in total. The smallest absolute Gasteiger partial charge is 0.335 e. The number of nitrogen functional groups attached to an aromatic ring is 1. The molecule has 0 aliphatic heterocycles. The van der Waals surface area contributed by atoms with Gasteiger partial charge < -0.3 is 10.2 Å². The molecule has 0 saturated carbocycles. The van der Waals surface area contributed by atoms with Gasteiger partial charge in [-0.15, -0.1) is 0 Å². The number of hydrazine groups is 1. The Morgan fingerprint density at radius 1 is 1.30 bits per heavy atom. The Balaban J connectivity index is 2.45. The summed E-state index contributed by atoms with van der Waals surface area (Å²) < 4.78 is 18.3. The van der Waals surface area contributed by atoms with E-state index in [2.05, 4.69) is 5.43 Å². The first kappa shape index (κ1) is 14.0. The molecule has 0 spiro atoms. The number of nitrogens with two attached hydrogens (primary N) is 1. The van der Waals surface area contributed by atoms with E-state index in [9.17, 15) is 14.5 Å². The van der Waals surface area contributed by atoms with Gasteiger partial charge in [-0.25, -0.2) is 4.39 Å². The van der Waals surface area contributed by atoms with Crippen LogP contribution in [0.2, 0.25) is 5.02 Å². The Labute approximate surface area is 118 Å². The number of nitrogens with zero attached hydrogens (tertiary/aromatic N) is 1. The minimum Gasteiger partial charge on any atom is -0.448 e. The summed E-state index contributed by atoms with van der Waals surface area (Å²) >= 11 is 5.81. The number of benzene rings is 2. The van der Waals surface area contributed by atoms with E-state index in [1.807, 2.05) is 0 Å². The average Bonchev–Trinajstić information content (AvgIpc) is 2.41. The van der Waals surface area contributed by atoms with Crippen molar-refractivity contribution in [1.29, 1.82) is 0 Å². The van der Waals surface area contributed by atoms with Crippen molar-refractivity contribution in [1.82, 2.24) is 0 Å². The number of para-hydroxylation sites is 1. The Hall–Kier alpha value is -2.38. The molecule has 2 aromatic carbocycles. The van der Waals surface area contributed by atoms with Crippen LogP contribution in [0.4, 0.5) is 15.8 Å². The molecule has 0 aliphatic carbocycles. The maximum atomic E-state index is 12.9. The first-order chi connectivity index (χ1) is 9.52. The van der Waals surface area contributed by atoms with Crippen molar-refractivity contribution in [3.05, 3.63) is 57.4 Å². The topological polar surface area (TPSA) is 90.4 Å². The van der Waals surface area contributed by atoms with Gasteiger partial charge >= 0.3 is 5.69 Å². The van der Waals surface area contributed by atoms with Gasteiger partial charge in [-0.1, -0.05) is 17.7 Å². The second-order valence-corrected chi connectivity index (χ2v) is 4.14. The molecular formula is C12H9ClFN3O3. The van der Waals surface area contributed by atoms with Crippen LogP contribution in [0, 0.1) is 15.9 Å². The highest BCUT2D eigenvalue weighted by molar-refractivity contribution is 6.32. The van der Waals surface area contributed by atoms with E-state index in [0.717, 1.165) is 12.1 Å². The molecule has 0 amide bonds. The van der Waals surface area contributed by atoms with Gasteiger partial charge in [0, 0.05) is 0 Å². The maximum absolute atomic E-state index is 12.9. The largest absolute Gasteiger partial charge is 0.448 e. The Kier molecular flexibility index (Phi) is 4.02. The number of ether oxygens (including phenoxy) is 1. The summed E-state index contributed by atoms with van der Waals surface area (Å²) in [4.78, 5) is 10.4. The fourth-order valence-electron chi connectivity index (χ4n) is 1.59. The highest BCUT2D eigenvalue weighted by Crippen LogP contribution is 2.39. The molecule has 0 saturated heterocycles. The molecular weight excluding hydrogens is 289 g/mol. The van der Waals surface area contributed by atoms with Gasteiger partial charge in [0.2, 0.25) is 5.75 Å². The number of halogens is 2. The van der Waals surface area contributed by atoms with Crippen LogP contribution in [-0.2, 0) is 0 Å². The number of hydrogen-bond donors (Lipinski definition) is 2. The molecule has 8 heteroatoms. The second-order valence-electron chi connectivity index (χ2n) is 3.73. The number of hydrogen-bond acceptors (Lipinski definition) is 5. The summed E-state index contributed by atoms with van der Waals surface area (Å²) in [6.07, 6.45) is 0. The van der Waals surface area contributed by atoms with Crippen LogP contribution < -0.4 is 16.0 Å². The average molecular weight is 298 g/mol. The van der Waals surface area contributed by atoms with Gasteiger partial charge in [-0.05, 0) is 30.3 Å². The maximum Gasteiger partial charge on any atom is 0.335 e. The van der Waals surface area contributed by atoms with Crippen LogP contribution in [0.15, 0.2) is 36.4 Å². The number of anilines is 1. The monoisotopic (exact) mass is 297 g/mol. The molecule has 0 atom stereocenters. The highest BCUT2D eigenvalue weighted by Gasteiger charge is 2.21. The van der Waals surface area contributed by atoms with E-state index in [-0.39, 0.29) is 27.9 Å². The zero-order chi connectivity index (χ0) is 14.7.